The Kier molecular flexibility index (Phi) is 3.62. The number of rotatable bonds is 5. The lowest BCUT2D eigenvalue weighted by Gasteiger charge is -2.08. The predicted molar refractivity (Wildman–Crippen MR) is 73.6 cm³/mol. The van der Waals surface area contributed by atoms with Crippen molar-refractivity contribution < 1.29 is 18.1 Å². The van der Waals surface area contributed by atoms with E-state index < -0.39 is 14.8 Å². The van der Waals surface area contributed by atoms with Gasteiger partial charge in [0.25, 0.3) is 5.69 Å². The van der Waals surface area contributed by atoms with Crippen molar-refractivity contribution in [3.63, 3.8) is 0 Å². The number of amides is 1. The Morgan fingerprint density at radius 1 is 1.45 bits per heavy atom. The van der Waals surface area contributed by atoms with Crippen LogP contribution in [0.3, 0.4) is 0 Å². The molecule has 0 bridgehead atoms. The highest BCUT2D eigenvalue weighted by molar-refractivity contribution is 7.90. The number of anilines is 2. The molecule has 1 aliphatic rings. The van der Waals surface area contributed by atoms with Gasteiger partial charge >= 0.3 is 0 Å². The Hall–Kier alpha value is -2.16. The van der Waals surface area contributed by atoms with E-state index in [9.17, 15) is 23.3 Å². The molecule has 0 aliphatic carbocycles. The van der Waals surface area contributed by atoms with Gasteiger partial charge in [0, 0.05) is 24.6 Å². The monoisotopic (exact) mass is 299 g/mol. The maximum Gasteiger partial charge on any atom is 0.292 e. The fourth-order valence-corrected chi connectivity index (χ4v) is 2.40. The number of carbonyl (C=O) groups is 1. The quantitative estimate of drug-likeness (QED) is 0.605. The van der Waals surface area contributed by atoms with Crippen molar-refractivity contribution in [3.05, 3.63) is 27.8 Å². The van der Waals surface area contributed by atoms with E-state index in [-0.39, 0.29) is 36.0 Å². The lowest BCUT2D eigenvalue weighted by Crippen LogP contribution is -2.15. The highest BCUT2D eigenvalue weighted by Gasteiger charge is 2.24. The molecule has 0 saturated carbocycles. The molecule has 0 unspecified atom stereocenters. The first kappa shape index (κ1) is 14.3. The topological polar surface area (TPSA) is 118 Å². The standard InChI is InChI=1S/C11H13N3O5S/c1-20(18,19)3-2-12-9-6-8-7(5-11(15)13-8)4-10(9)14(16)17/h4,6,12H,2-3,5H2,1H3,(H,13,15). The third kappa shape index (κ3) is 3.23. The van der Waals surface area contributed by atoms with Crippen LogP contribution in [0.5, 0.6) is 0 Å². The van der Waals surface area contributed by atoms with Gasteiger partial charge in [0.1, 0.15) is 15.5 Å². The number of hydrogen-bond acceptors (Lipinski definition) is 6. The fraction of sp³-hybridized carbons (Fsp3) is 0.364. The van der Waals surface area contributed by atoms with E-state index in [2.05, 4.69) is 10.6 Å². The molecule has 1 heterocycles. The zero-order chi connectivity index (χ0) is 14.9. The zero-order valence-corrected chi connectivity index (χ0v) is 11.5. The molecular formula is C11H13N3O5S. The van der Waals surface area contributed by atoms with Crippen LogP contribution in [0.1, 0.15) is 5.56 Å². The SMILES string of the molecule is CS(=O)(=O)CCNc1cc2c(cc1[N+](=O)[O-])CC(=O)N2. The molecule has 0 fully saturated rings. The summed E-state index contributed by atoms with van der Waals surface area (Å²) in [7, 11) is -3.15. The lowest BCUT2D eigenvalue weighted by atomic mass is 10.1. The highest BCUT2D eigenvalue weighted by Crippen LogP contribution is 2.34. The third-order valence-corrected chi connectivity index (χ3v) is 3.78. The van der Waals surface area contributed by atoms with Crippen molar-refractivity contribution in [1.82, 2.24) is 0 Å². The second kappa shape index (κ2) is 5.08. The fourth-order valence-electron chi connectivity index (χ4n) is 1.93. The van der Waals surface area contributed by atoms with Crippen LogP contribution < -0.4 is 10.6 Å². The summed E-state index contributed by atoms with van der Waals surface area (Å²) in [5, 5.41) is 16.3. The molecule has 2 rings (SSSR count). The number of sulfone groups is 1. The number of hydrogen-bond donors (Lipinski definition) is 2. The molecule has 0 atom stereocenters. The molecule has 8 nitrogen and oxygen atoms in total. The van der Waals surface area contributed by atoms with Gasteiger partial charge < -0.3 is 10.6 Å². The van der Waals surface area contributed by atoms with Crippen molar-refractivity contribution in [2.75, 3.05) is 29.2 Å². The minimum atomic E-state index is -3.15. The molecule has 20 heavy (non-hydrogen) atoms. The molecule has 1 aliphatic heterocycles. The van der Waals surface area contributed by atoms with Crippen molar-refractivity contribution in [2.45, 2.75) is 6.42 Å². The molecule has 1 aromatic rings. The molecule has 2 N–H and O–H groups in total. The van der Waals surface area contributed by atoms with E-state index >= 15 is 0 Å². The number of nitro groups is 1. The predicted octanol–water partition coefficient (Wildman–Crippen LogP) is 0.546. The van der Waals surface area contributed by atoms with Crippen molar-refractivity contribution >= 4 is 32.8 Å². The van der Waals surface area contributed by atoms with Crippen LogP contribution in [-0.4, -0.2) is 37.8 Å². The second-order valence-electron chi connectivity index (χ2n) is 4.57. The average molecular weight is 299 g/mol. The molecule has 0 radical (unpaired) electrons. The molecule has 0 aromatic heterocycles. The van der Waals surface area contributed by atoms with Gasteiger partial charge in [-0.15, -0.1) is 0 Å². The molecule has 0 saturated heterocycles. The van der Waals surface area contributed by atoms with Crippen molar-refractivity contribution in [3.8, 4) is 0 Å². The van der Waals surface area contributed by atoms with Crippen LogP contribution in [0.25, 0.3) is 0 Å². The van der Waals surface area contributed by atoms with Crippen LogP contribution in [-0.2, 0) is 21.1 Å². The Balaban J connectivity index is 2.25. The van der Waals surface area contributed by atoms with Gasteiger partial charge in [-0.25, -0.2) is 8.42 Å². The summed E-state index contributed by atoms with van der Waals surface area (Å²) in [6, 6.07) is 2.79. The van der Waals surface area contributed by atoms with Gasteiger partial charge in [0.05, 0.1) is 17.1 Å². The van der Waals surface area contributed by atoms with E-state index in [1.165, 1.54) is 12.1 Å². The zero-order valence-electron chi connectivity index (χ0n) is 10.7. The van der Waals surface area contributed by atoms with Crippen molar-refractivity contribution in [2.24, 2.45) is 0 Å². The Morgan fingerprint density at radius 3 is 2.75 bits per heavy atom. The average Bonchev–Trinajstić information content (AvgIpc) is 2.65. The van der Waals surface area contributed by atoms with Crippen LogP contribution in [0, 0.1) is 10.1 Å². The Bertz CT molecular complexity index is 684. The molecule has 1 aromatic carbocycles. The second-order valence-corrected chi connectivity index (χ2v) is 6.82. The van der Waals surface area contributed by atoms with E-state index in [4.69, 9.17) is 0 Å². The first-order valence-corrected chi connectivity index (χ1v) is 7.85. The number of nitrogens with zero attached hydrogens (tertiary/aromatic N) is 1. The number of nitrogens with one attached hydrogen (secondary N) is 2. The van der Waals surface area contributed by atoms with Gasteiger partial charge in [-0.3, -0.25) is 14.9 Å². The number of carbonyl (C=O) groups excluding carboxylic acids is 1. The minimum Gasteiger partial charge on any atom is -0.378 e. The number of nitro benzene ring substituents is 1. The summed E-state index contributed by atoms with van der Waals surface area (Å²) in [5.41, 5.74) is 1.10. The summed E-state index contributed by atoms with van der Waals surface area (Å²) in [4.78, 5) is 21.7. The maximum atomic E-state index is 11.3. The Labute approximate surface area is 115 Å². The number of fused-ring (bicyclic) bond motifs is 1. The first-order valence-electron chi connectivity index (χ1n) is 5.79. The van der Waals surface area contributed by atoms with Gasteiger partial charge in [0.2, 0.25) is 5.91 Å². The third-order valence-electron chi connectivity index (χ3n) is 2.83. The van der Waals surface area contributed by atoms with Gasteiger partial charge in [0.15, 0.2) is 0 Å². The maximum absolute atomic E-state index is 11.3. The molecule has 9 heteroatoms. The normalized spacial score (nSPS) is 13.8. The number of benzene rings is 1. The van der Waals surface area contributed by atoms with E-state index in [0.717, 1.165) is 6.26 Å². The highest BCUT2D eigenvalue weighted by atomic mass is 32.2. The molecule has 108 valence electrons. The van der Waals surface area contributed by atoms with Crippen LogP contribution >= 0.6 is 0 Å². The van der Waals surface area contributed by atoms with Crippen LogP contribution in [0.15, 0.2) is 12.1 Å². The van der Waals surface area contributed by atoms with E-state index in [1.54, 1.807) is 0 Å². The summed E-state index contributed by atoms with van der Waals surface area (Å²) < 4.78 is 22.1. The summed E-state index contributed by atoms with van der Waals surface area (Å²) in [6.45, 7) is 0.0619. The largest absolute Gasteiger partial charge is 0.378 e. The lowest BCUT2D eigenvalue weighted by molar-refractivity contribution is -0.384. The van der Waals surface area contributed by atoms with E-state index in [1.807, 2.05) is 0 Å². The minimum absolute atomic E-state index is 0.0619. The Morgan fingerprint density at radius 2 is 2.15 bits per heavy atom. The summed E-state index contributed by atoms with van der Waals surface area (Å²) in [6.07, 6.45) is 1.20. The van der Waals surface area contributed by atoms with Gasteiger partial charge in [-0.2, -0.15) is 0 Å². The summed E-state index contributed by atoms with van der Waals surface area (Å²) >= 11 is 0. The molecule has 1 amide bonds. The van der Waals surface area contributed by atoms with E-state index in [0.29, 0.717) is 11.3 Å². The molecule has 0 spiro atoms. The van der Waals surface area contributed by atoms with Gasteiger partial charge in [-0.05, 0) is 11.6 Å². The van der Waals surface area contributed by atoms with Crippen LogP contribution in [0.4, 0.5) is 17.1 Å². The first-order chi connectivity index (χ1) is 9.26. The van der Waals surface area contributed by atoms with Crippen LogP contribution in [0.2, 0.25) is 0 Å². The molecular weight excluding hydrogens is 286 g/mol. The van der Waals surface area contributed by atoms with Crippen molar-refractivity contribution in [1.29, 1.82) is 0 Å². The van der Waals surface area contributed by atoms with Gasteiger partial charge in [-0.1, -0.05) is 0 Å². The smallest absolute Gasteiger partial charge is 0.292 e. The summed E-state index contributed by atoms with van der Waals surface area (Å²) in [5.74, 6) is -0.351.